The van der Waals surface area contributed by atoms with E-state index in [-0.39, 0.29) is 0 Å². The Hall–Kier alpha value is -1.62. The van der Waals surface area contributed by atoms with Gasteiger partial charge in [-0.05, 0) is 44.0 Å². The second-order valence-corrected chi connectivity index (χ2v) is 4.58. The van der Waals surface area contributed by atoms with Gasteiger partial charge in [0, 0.05) is 6.54 Å². The topological polar surface area (TPSA) is 68.2 Å². The van der Waals surface area contributed by atoms with Crippen LogP contribution in [0.2, 0.25) is 0 Å². The monoisotopic (exact) mass is 247 g/mol. The maximum atomic E-state index is 5.47. The van der Waals surface area contributed by atoms with Crippen molar-refractivity contribution in [2.45, 2.75) is 32.6 Å². The third-order valence-electron chi connectivity index (χ3n) is 2.96. The summed E-state index contributed by atoms with van der Waals surface area (Å²) in [6.45, 7) is 3.83. The predicted octanol–water partition coefficient (Wildman–Crippen LogP) is 1.97. The summed E-state index contributed by atoms with van der Waals surface area (Å²) in [5.74, 6) is 1.02. The fourth-order valence-corrected chi connectivity index (χ4v) is 2.02. The summed E-state index contributed by atoms with van der Waals surface area (Å²) in [5, 5.41) is 7.64. The number of hydrogen-bond donors (Lipinski definition) is 2. The second-order valence-electron chi connectivity index (χ2n) is 4.58. The van der Waals surface area contributed by atoms with E-state index in [4.69, 9.17) is 5.73 Å². The van der Waals surface area contributed by atoms with Gasteiger partial charge in [-0.2, -0.15) is 9.61 Å². The molecule has 0 spiro atoms. The van der Waals surface area contributed by atoms with Gasteiger partial charge in [0.2, 0.25) is 0 Å². The molecule has 0 fully saturated rings. The van der Waals surface area contributed by atoms with E-state index in [1.165, 1.54) is 18.4 Å². The molecule has 0 aliphatic rings. The molecule has 0 amide bonds. The Kier molecular flexibility index (Phi) is 4.52. The molecule has 98 valence electrons. The van der Waals surface area contributed by atoms with E-state index in [1.807, 2.05) is 10.6 Å². The van der Waals surface area contributed by atoms with E-state index >= 15 is 0 Å². The van der Waals surface area contributed by atoms with Crippen molar-refractivity contribution in [2.24, 2.45) is 5.73 Å². The lowest BCUT2D eigenvalue weighted by molar-refractivity contribution is 0.660. The van der Waals surface area contributed by atoms with Crippen LogP contribution in [0.1, 0.15) is 31.2 Å². The summed E-state index contributed by atoms with van der Waals surface area (Å²) in [5.41, 5.74) is 7.55. The molecule has 0 atom stereocenters. The van der Waals surface area contributed by atoms with Crippen LogP contribution in [-0.2, 0) is 0 Å². The van der Waals surface area contributed by atoms with Crippen LogP contribution in [0, 0.1) is 6.92 Å². The molecule has 3 N–H and O–H groups in total. The molecular weight excluding hydrogens is 226 g/mol. The number of unbranched alkanes of at least 4 members (excludes halogenated alkanes) is 3. The lowest BCUT2D eigenvalue weighted by Crippen LogP contribution is -2.07. The average Bonchev–Trinajstić information content (AvgIpc) is 2.81. The fraction of sp³-hybridized carbons (Fsp3) is 0.538. The first kappa shape index (κ1) is 12.8. The van der Waals surface area contributed by atoms with Crippen LogP contribution in [0.5, 0.6) is 0 Å². The third kappa shape index (κ3) is 3.20. The third-order valence-corrected chi connectivity index (χ3v) is 2.96. The first-order valence-corrected chi connectivity index (χ1v) is 6.55. The van der Waals surface area contributed by atoms with E-state index < -0.39 is 0 Å². The zero-order valence-electron chi connectivity index (χ0n) is 10.9. The minimum atomic E-state index is 0.797. The van der Waals surface area contributed by atoms with Crippen molar-refractivity contribution < 1.29 is 0 Å². The van der Waals surface area contributed by atoms with Gasteiger partial charge < -0.3 is 11.1 Å². The van der Waals surface area contributed by atoms with E-state index in [1.54, 1.807) is 6.33 Å². The molecule has 0 aliphatic carbocycles. The maximum absolute atomic E-state index is 5.47. The molecular formula is C13H21N5. The second kappa shape index (κ2) is 6.35. The first-order chi connectivity index (χ1) is 8.81. The molecule has 0 unspecified atom stereocenters. The Bertz CT molecular complexity index is 491. The molecule has 0 aliphatic heterocycles. The van der Waals surface area contributed by atoms with Crippen molar-refractivity contribution >= 4 is 11.5 Å². The molecule has 2 rings (SSSR count). The normalized spacial score (nSPS) is 11.0. The van der Waals surface area contributed by atoms with Crippen LogP contribution in [0.25, 0.3) is 5.65 Å². The molecule has 2 aromatic rings. The molecule has 0 radical (unpaired) electrons. The Morgan fingerprint density at radius 3 is 2.89 bits per heavy atom. The summed E-state index contributed by atoms with van der Waals surface area (Å²) in [4.78, 5) is 4.21. The summed E-state index contributed by atoms with van der Waals surface area (Å²) < 4.78 is 1.84. The fourth-order valence-electron chi connectivity index (χ4n) is 2.02. The number of hydrogen-bond acceptors (Lipinski definition) is 4. The molecule has 5 heteroatoms. The first-order valence-electron chi connectivity index (χ1n) is 6.55. The maximum Gasteiger partial charge on any atom is 0.157 e. The minimum absolute atomic E-state index is 0.797. The van der Waals surface area contributed by atoms with Crippen molar-refractivity contribution in [3.63, 3.8) is 0 Å². The van der Waals surface area contributed by atoms with E-state index in [0.717, 1.165) is 37.4 Å². The Morgan fingerprint density at radius 2 is 2.06 bits per heavy atom. The summed E-state index contributed by atoms with van der Waals surface area (Å²) >= 11 is 0. The lowest BCUT2D eigenvalue weighted by atomic mass is 10.2. The van der Waals surface area contributed by atoms with Crippen LogP contribution in [-0.4, -0.2) is 27.7 Å². The zero-order chi connectivity index (χ0) is 12.8. The number of aromatic nitrogens is 3. The van der Waals surface area contributed by atoms with Gasteiger partial charge in [-0.3, -0.25) is 0 Å². The number of pyridine rings is 1. The van der Waals surface area contributed by atoms with Gasteiger partial charge in [-0.1, -0.05) is 12.8 Å². The standard InChI is InChI=1S/C13H21N5/c1-11-8-12(15-7-5-3-2-4-6-14)18-13(9-11)16-10-17-18/h8-10,15H,2-7,14H2,1H3. The molecule has 0 saturated carbocycles. The Labute approximate surface area is 107 Å². The molecule has 2 aromatic heterocycles. The highest BCUT2D eigenvalue weighted by molar-refractivity contribution is 5.51. The van der Waals surface area contributed by atoms with Crippen molar-refractivity contribution in [3.05, 3.63) is 24.0 Å². The average molecular weight is 247 g/mol. The number of nitrogens with two attached hydrogens (primary N) is 1. The largest absolute Gasteiger partial charge is 0.370 e. The summed E-state index contributed by atoms with van der Waals surface area (Å²) in [6, 6.07) is 4.13. The number of rotatable bonds is 7. The predicted molar refractivity (Wildman–Crippen MR) is 73.7 cm³/mol. The van der Waals surface area contributed by atoms with Gasteiger partial charge in [0.1, 0.15) is 12.1 Å². The van der Waals surface area contributed by atoms with Crippen LogP contribution in [0.15, 0.2) is 18.5 Å². The van der Waals surface area contributed by atoms with E-state index in [9.17, 15) is 0 Å². The highest BCUT2D eigenvalue weighted by Crippen LogP contribution is 2.13. The van der Waals surface area contributed by atoms with Crippen LogP contribution in [0.4, 0.5) is 5.82 Å². The van der Waals surface area contributed by atoms with Crippen molar-refractivity contribution in [1.29, 1.82) is 0 Å². The highest BCUT2D eigenvalue weighted by atomic mass is 15.3. The molecule has 18 heavy (non-hydrogen) atoms. The van der Waals surface area contributed by atoms with Crippen LogP contribution < -0.4 is 11.1 Å². The Morgan fingerprint density at radius 1 is 1.22 bits per heavy atom. The molecule has 5 nitrogen and oxygen atoms in total. The van der Waals surface area contributed by atoms with Crippen LogP contribution >= 0.6 is 0 Å². The molecule has 2 heterocycles. The van der Waals surface area contributed by atoms with Gasteiger partial charge in [0.05, 0.1) is 0 Å². The minimum Gasteiger partial charge on any atom is -0.370 e. The summed E-state index contributed by atoms with van der Waals surface area (Å²) in [7, 11) is 0. The quantitative estimate of drug-likeness (QED) is 0.734. The lowest BCUT2D eigenvalue weighted by Gasteiger charge is -2.08. The summed E-state index contributed by atoms with van der Waals surface area (Å²) in [6.07, 6.45) is 6.30. The van der Waals surface area contributed by atoms with E-state index in [2.05, 4.69) is 28.4 Å². The number of aryl methyl sites for hydroxylation is 1. The van der Waals surface area contributed by atoms with Gasteiger partial charge >= 0.3 is 0 Å². The molecule has 0 saturated heterocycles. The van der Waals surface area contributed by atoms with Gasteiger partial charge in [0.15, 0.2) is 5.65 Å². The number of nitrogens with zero attached hydrogens (tertiary/aromatic N) is 3. The smallest absolute Gasteiger partial charge is 0.157 e. The SMILES string of the molecule is Cc1cc(NCCCCCCN)n2ncnc2c1. The van der Waals surface area contributed by atoms with Crippen molar-refractivity contribution in [3.8, 4) is 0 Å². The zero-order valence-corrected chi connectivity index (χ0v) is 10.9. The molecule has 0 bridgehead atoms. The highest BCUT2D eigenvalue weighted by Gasteiger charge is 2.02. The number of anilines is 1. The van der Waals surface area contributed by atoms with Gasteiger partial charge in [-0.25, -0.2) is 4.98 Å². The Balaban J connectivity index is 1.89. The van der Waals surface area contributed by atoms with Crippen molar-refractivity contribution in [1.82, 2.24) is 14.6 Å². The van der Waals surface area contributed by atoms with Crippen LogP contribution in [0.3, 0.4) is 0 Å². The van der Waals surface area contributed by atoms with E-state index in [0.29, 0.717) is 0 Å². The number of nitrogens with one attached hydrogen (secondary N) is 1. The molecule has 0 aromatic carbocycles. The van der Waals surface area contributed by atoms with Crippen molar-refractivity contribution in [2.75, 3.05) is 18.4 Å². The number of fused-ring (bicyclic) bond motifs is 1. The van der Waals surface area contributed by atoms with Gasteiger partial charge in [0.25, 0.3) is 0 Å². The van der Waals surface area contributed by atoms with Gasteiger partial charge in [-0.15, -0.1) is 0 Å².